The van der Waals surface area contributed by atoms with Gasteiger partial charge in [0.05, 0.1) is 6.04 Å². The molecule has 102 valence electrons. The minimum absolute atomic E-state index is 0.203. The van der Waals surface area contributed by atoms with Crippen LogP contribution in [0.15, 0.2) is 16.7 Å². The number of aromatic nitrogens is 3. The Balaban J connectivity index is 2.25. The van der Waals surface area contributed by atoms with E-state index in [0.29, 0.717) is 17.6 Å². The number of hydrogen-bond donors (Lipinski definition) is 1. The molecule has 2 aromatic rings. The molecule has 0 amide bonds. The summed E-state index contributed by atoms with van der Waals surface area (Å²) >= 11 is 0. The minimum atomic E-state index is -0.203. The number of hydrogen-bond acceptors (Lipinski definition) is 5. The summed E-state index contributed by atoms with van der Waals surface area (Å²) in [5.41, 5.74) is 8.83. The zero-order chi connectivity index (χ0) is 14.0. The second-order valence-electron chi connectivity index (χ2n) is 5.33. The van der Waals surface area contributed by atoms with E-state index in [1.165, 1.54) is 0 Å². The van der Waals surface area contributed by atoms with Gasteiger partial charge >= 0.3 is 0 Å². The van der Waals surface area contributed by atoms with Crippen LogP contribution >= 0.6 is 0 Å². The Morgan fingerprint density at radius 1 is 1.16 bits per heavy atom. The Kier molecular flexibility index (Phi) is 3.95. The molecule has 5 heteroatoms. The first-order chi connectivity index (χ1) is 8.95. The molecule has 2 rings (SSSR count). The Labute approximate surface area is 113 Å². The molecule has 0 aliphatic heterocycles. The monoisotopic (exact) mass is 260 g/mol. The van der Waals surface area contributed by atoms with Crippen molar-refractivity contribution in [3.63, 3.8) is 0 Å². The first kappa shape index (κ1) is 13.7. The van der Waals surface area contributed by atoms with Gasteiger partial charge < -0.3 is 10.3 Å². The summed E-state index contributed by atoms with van der Waals surface area (Å²) < 4.78 is 5.25. The molecule has 0 aliphatic rings. The van der Waals surface area contributed by atoms with Crippen LogP contribution in [0.4, 0.5) is 0 Å². The average Bonchev–Trinajstić information content (AvgIpc) is 2.75. The number of nitrogens with zero attached hydrogens (tertiary/aromatic N) is 3. The van der Waals surface area contributed by atoms with Crippen LogP contribution in [-0.4, -0.2) is 15.1 Å². The molecule has 0 radical (unpaired) electrons. The fourth-order valence-corrected chi connectivity index (χ4v) is 2.08. The van der Waals surface area contributed by atoms with Gasteiger partial charge in [-0.1, -0.05) is 19.0 Å². The van der Waals surface area contributed by atoms with Crippen molar-refractivity contribution in [2.75, 3.05) is 0 Å². The fraction of sp³-hybridized carbons (Fsp3) is 0.500. The topological polar surface area (TPSA) is 77.8 Å². The van der Waals surface area contributed by atoms with E-state index in [4.69, 9.17) is 10.3 Å². The predicted octanol–water partition coefficient (Wildman–Crippen LogP) is 2.79. The highest BCUT2D eigenvalue weighted by Gasteiger charge is 2.17. The summed E-state index contributed by atoms with van der Waals surface area (Å²) in [7, 11) is 0. The van der Waals surface area contributed by atoms with E-state index < -0.39 is 0 Å². The van der Waals surface area contributed by atoms with Crippen LogP contribution in [0.5, 0.6) is 0 Å². The van der Waals surface area contributed by atoms with Crippen molar-refractivity contribution in [1.82, 2.24) is 15.1 Å². The van der Waals surface area contributed by atoms with Crippen molar-refractivity contribution in [3.8, 4) is 11.4 Å². The zero-order valence-electron chi connectivity index (χ0n) is 11.8. The van der Waals surface area contributed by atoms with Gasteiger partial charge in [-0.05, 0) is 38.3 Å². The molecule has 0 spiro atoms. The lowest BCUT2D eigenvalue weighted by Crippen LogP contribution is -2.13. The quantitative estimate of drug-likeness (QED) is 0.914. The average molecular weight is 260 g/mol. The van der Waals surface area contributed by atoms with Crippen LogP contribution < -0.4 is 5.73 Å². The number of pyridine rings is 1. The molecule has 0 saturated heterocycles. The summed E-state index contributed by atoms with van der Waals surface area (Å²) in [6, 6.07) is 3.68. The first-order valence-corrected chi connectivity index (χ1v) is 6.50. The Morgan fingerprint density at radius 2 is 1.79 bits per heavy atom. The standard InChI is InChI=1S/C14H20N4O/c1-8(2)5-12(15)14-17-13(18-19-14)11-6-9(3)16-10(4)7-11/h6-8,12H,5,15H2,1-4H3/t12-/m1/s1. The van der Waals surface area contributed by atoms with Crippen LogP contribution in [0, 0.1) is 19.8 Å². The minimum Gasteiger partial charge on any atom is -0.337 e. The second-order valence-corrected chi connectivity index (χ2v) is 5.33. The second kappa shape index (κ2) is 5.48. The van der Waals surface area contributed by atoms with Gasteiger partial charge in [0, 0.05) is 17.0 Å². The molecule has 1 atom stereocenters. The van der Waals surface area contributed by atoms with E-state index in [2.05, 4.69) is 29.0 Å². The molecule has 19 heavy (non-hydrogen) atoms. The van der Waals surface area contributed by atoms with Crippen molar-refractivity contribution in [3.05, 3.63) is 29.4 Å². The van der Waals surface area contributed by atoms with Crippen LogP contribution in [0.1, 0.15) is 43.6 Å². The van der Waals surface area contributed by atoms with E-state index in [-0.39, 0.29) is 6.04 Å². The Morgan fingerprint density at radius 3 is 2.37 bits per heavy atom. The maximum Gasteiger partial charge on any atom is 0.243 e. The van der Waals surface area contributed by atoms with E-state index in [1.54, 1.807) is 0 Å². The SMILES string of the molecule is Cc1cc(-c2noc([C@H](N)CC(C)C)n2)cc(C)n1. The van der Waals surface area contributed by atoms with Crippen LogP contribution in [-0.2, 0) is 0 Å². The summed E-state index contributed by atoms with van der Waals surface area (Å²) in [5, 5.41) is 4.00. The molecule has 0 bridgehead atoms. The molecule has 0 saturated carbocycles. The smallest absolute Gasteiger partial charge is 0.243 e. The van der Waals surface area contributed by atoms with E-state index in [9.17, 15) is 0 Å². The molecule has 0 unspecified atom stereocenters. The Hall–Kier alpha value is -1.75. The van der Waals surface area contributed by atoms with Gasteiger partial charge in [-0.2, -0.15) is 4.98 Å². The third kappa shape index (κ3) is 3.38. The number of rotatable bonds is 4. The van der Waals surface area contributed by atoms with Crippen molar-refractivity contribution in [1.29, 1.82) is 0 Å². The van der Waals surface area contributed by atoms with Crippen molar-refractivity contribution in [2.24, 2.45) is 11.7 Å². The van der Waals surface area contributed by atoms with E-state index >= 15 is 0 Å². The van der Waals surface area contributed by atoms with Gasteiger partial charge in [-0.15, -0.1) is 0 Å². The summed E-state index contributed by atoms with van der Waals surface area (Å²) in [6.45, 7) is 8.13. The summed E-state index contributed by atoms with van der Waals surface area (Å²) in [5.74, 6) is 1.56. The molecule has 2 aromatic heterocycles. The van der Waals surface area contributed by atoms with Crippen LogP contribution in [0.25, 0.3) is 11.4 Å². The lowest BCUT2D eigenvalue weighted by atomic mass is 10.0. The summed E-state index contributed by atoms with van der Waals surface area (Å²) in [6.07, 6.45) is 0.829. The maximum absolute atomic E-state index is 6.04. The van der Waals surface area contributed by atoms with Crippen LogP contribution in [0.2, 0.25) is 0 Å². The van der Waals surface area contributed by atoms with Gasteiger partial charge in [0.2, 0.25) is 11.7 Å². The normalized spacial score (nSPS) is 12.9. The third-order valence-electron chi connectivity index (χ3n) is 2.82. The molecule has 2 N–H and O–H groups in total. The highest BCUT2D eigenvalue weighted by Crippen LogP contribution is 2.22. The molecular formula is C14H20N4O. The van der Waals surface area contributed by atoms with Gasteiger partial charge in [0.1, 0.15) is 0 Å². The van der Waals surface area contributed by atoms with Gasteiger partial charge in [0.25, 0.3) is 0 Å². The molecule has 2 heterocycles. The summed E-state index contributed by atoms with van der Waals surface area (Å²) in [4.78, 5) is 8.72. The maximum atomic E-state index is 6.04. The van der Waals surface area contributed by atoms with Gasteiger partial charge in [0.15, 0.2) is 0 Å². The first-order valence-electron chi connectivity index (χ1n) is 6.50. The molecule has 0 aliphatic carbocycles. The van der Waals surface area contributed by atoms with Crippen molar-refractivity contribution in [2.45, 2.75) is 40.2 Å². The lowest BCUT2D eigenvalue weighted by molar-refractivity contribution is 0.335. The van der Waals surface area contributed by atoms with Crippen LogP contribution in [0.3, 0.4) is 0 Å². The van der Waals surface area contributed by atoms with E-state index in [1.807, 2.05) is 26.0 Å². The zero-order valence-corrected chi connectivity index (χ0v) is 11.8. The number of nitrogens with two attached hydrogens (primary N) is 1. The van der Waals surface area contributed by atoms with Crippen molar-refractivity contribution >= 4 is 0 Å². The largest absolute Gasteiger partial charge is 0.337 e. The molecule has 0 aromatic carbocycles. The Bertz CT molecular complexity index is 542. The third-order valence-corrected chi connectivity index (χ3v) is 2.82. The molecule has 0 fully saturated rings. The number of aryl methyl sites for hydroxylation is 2. The fourth-order valence-electron chi connectivity index (χ4n) is 2.08. The highest BCUT2D eigenvalue weighted by atomic mass is 16.5. The molecule has 5 nitrogen and oxygen atoms in total. The lowest BCUT2D eigenvalue weighted by Gasteiger charge is -2.08. The predicted molar refractivity (Wildman–Crippen MR) is 73.4 cm³/mol. The molecular weight excluding hydrogens is 240 g/mol. The highest BCUT2D eigenvalue weighted by molar-refractivity contribution is 5.55. The van der Waals surface area contributed by atoms with Gasteiger partial charge in [-0.3, -0.25) is 4.98 Å². The van der Waals surface area contributed by atoms with E-state index in [0.717, 1.165) is 23.4 Å². The van der Waals surface area contributed by atoms with Crippen molar-refractivity contribution < 1.29 is 4.52 Å². The van der Waals surface area contributed by atoms with Gasteiger partial charge in [-0.25, -0.2) is 0 Å².